The van der Waals surface area contributed by atoms with E-state index in [9.17, 15) is 26.4 Å². The molecule has 0 unspecified atom stereocenters. The highest BCUT2D eigenvalue weighted by atomic mass is 35.5. The molecule has 0 amide bonds. The van der Waals surface area contributed by atoms with E-state index in [1.54, 1.807) is 24.3 Å². The molecule has 0 saturated heterocycles. The minimum absolute atomic E-state index is 0.153. The molecule has 3 rings (SSSR count). The summed E-state index contributed by atoms with van der Waals surface area (Å²) in [6.07, 6.45) is -4.73. The zero-order valence-corrected chi connectivity index (χ0v) is 18.8. The monoisotopic (exact) mass is 501 g/mol. The third-order valence-electron chi connectivity index (χ3n) is 4.49. The average molecular weight is 502 g/mol. The van der Waals surface area contributed by atoms with Gasteiger partial charge in [-0.1, -0.05) is 11.6 Å². The molecule has 12 heteroatoms. The summed E-state index contributed by atoms with van der Waals surface area (Å²) in [4.78, 5) is 11.4. The summed E-state index contributed by atoms with van der Waals surface area (Å²) in [5, 5.41) is 3.87. The third-order valence-corrected chi connectivity index (χ3v) is 6.43. The smallest absolute Gasteiger partial charge is 0.416 e. The molecular weight excluding hydrogens is 483 g/mol. The number of sulfonamides is 1. The van der Waals surface area contributed by atoms with Gasteiger partial charge < -0.3 is 4.74 Å². The Morgan fingerprint density at radius 1 is 1.09 bits per heavy atom. The summed E-state index contributed by atoms with van der Waals surface area (Å²) in [5.74, 6) is 0.678. The van der Waals surface area contributed by atoms with Crippen molar-refractivity contribution in [3.63, 3.8) is 0 Å². The Kier molecular flexibility index (Phi) is 7.45. The van der Waals surface area contributed by atoms with Gasteiger partial charge in [0.25, 0.3) is 5.56 Å². The first-order valence-corrected chi connectivity index (χ1v) is 11.5. The summed E-state index contributed by atoms with van der Waals surface area (Å²) in [6.45, 7) is 1.93. The van der Waals surface area contributed by atoms with Crippen molar-refractivity contribution in [2.24, 2.45) is 0 Å². The Balaban J connectivity index is 1.75. The van der Waals surface area contributed by atoms with Crippen molar-refractivity contribution in [1.82, 2.24) is 14.5 Å². The Morgan fingerprint density at radius 3 is 2.42 bits per heavy atom. The molecule has 0 aliphatic carbocycles. The number of halogens is 4. The van der Waals surface area contributed by atoms with Gasteiger partial charge in [0.05, 0.1) is 29.4 Å². The second-order valence-corrected chi connectivity index (χ2v) is 8.92. The van der Waals surface area contributed by atoms with Crippen LogP contribution in [0.2, 0.25) is 5.02 Å². The number of ether oxygens (including phenoxy) is 1. The van der Waals surface area contributed by atoms with Crippen molar-refractivity contribution in [3.05, 3.63) is 75.5 Å². The van der Waals surface area contributed by atoms with Crippen LogP contribution in [0, 0.1) is 0 Å². The molecule has 0 radical (unpaired) electrons. The Hall–Kier alpha value is -2.89. The summed E-state index contributed by atoms with van der Waals surface area (Å²) < 4.78 is 72.4. The Labute approximate surface area is 192 Å². The van der Waals surface area contributed by atoms with E-state index in [-0.39, 0.29) is 18.1 Å². The number of alkyl halides is 3. The molecule has 1 aromatic heterocycles. The highest BCUT2D eigenvalue weighted by Gasteiger charge is 2.32. The standard InChI is InChI=1S/C21H19ClF3N3O4S/c1-2-32-16-6-3-14(4-7-16)18-9-10-20(29)28(27-18)12-11-26-33(30,31)19-13-15(21(23,24)25)5-8-17(19)22/h3-10,13,26H,2,11-12H2,1H3. The first kappa shape index (κ1) is 24.7. The maximum absolute atomic E-state index is 12.9. The molecule has 1 N–H and O–H groups in total. The van der Waals surface area contributed by atoms with Crippen LogP contribution < -0.4 is 15.0 Å². The lowest BCUT2D eigenvalue weighted by Crippen LogP contribution is -2.32. The minimum Gasteiger partial charge on any atom is -0.494 e. The number of hydrogen-bond donors (Lipinski definition) is 1. The normalized spacial score (nSPS) is 12.0. The summed E-state index contributed by atoms with van der Waals surface area (Å²) in [5.41, 5.74) is -0.431. The predicted octanol–water partition coefficient (Wildman–Crippen LogP) is 3.96. The highest BCUT2D eigenvalue weighted by Crippen LogP contribution is 2.33. The average Bonchev–Trinajstić information content (AvgIpc) is 2.75. The summed E-state index contributed by atoms with van der Waals surface area (Å²) in [6, 6.07) is 11.9. The van der Waals surface area contributed by atoms with E-state index >= 15 is 0 Å². The number of nitrogens with one attached hydrogen (secondary N) is 1. The third kappa shape index (κ3) is 6.12. The fourth-order valence-electron chi connectivity index (χ4n) is 2.90. The molecule has 176 valence electrons. The molecule has 0 spiro atoms. The molecule has 2 aromatic carbocycles. The molecule has 7 nitrogen and oxygen atoms in total. The summed E-state index contributed by atoms with van der Waals surface area (Å²) >= 11 is 5.81. The quantitative estimate of drug-likeness (QED) is 0.504. The van der Waals surface area contributed by atoms with E-state index in [0.29, 0.717) is 35.7 Å². The van der Waals surface area contributed by atoms with Crippen LogP contribution in [-0.2, 0) is 22.7 Å². The maximum Gasteiger partial charge on any atom is 0.416 e. The fourth-order valence-corrected chi connectivity index (χ4v) is 4.45. The molecule has 0 bridgehead atoms. The Bertz CT molecular complexity index is 1290. The van der Waals surface area contributed by atoms with Crippen molar-refractivity contribution < 1.29 is 26.3 Å². The molecule has 0 saturated carbocycles. The van der Waals surface area contributed by atoms with Gasteiger partial charge in [-0.2, -0.15) is 18.3 Å². The van der Waals surface area contributed by atoms with E-state index < -0.39 is 32.2 Å². The molecule has 0 aliphatic heterocycles. The van der Waals surface area contributed by atoms with Gasteiger partial charge in [-0.05, 0) is 55.5 Å². The first-order chi connectivity index (χ1) is 15.5. The molecule has 0 fully saturated rings. The van der Waals surface area contributed by atoms with Crippen LogP contribution in [0.5, 0.6) is 5.75 Å². The molecule has 33 heavy (non-hydrogen) atoms. The predicted molar refractivity (Wildman–Crippen MR) is 117 cm³/mol. The minimum atomic E-state index is -4.73. The second kappa shape index (κ2) is 9.94. The van der Waals surface area contributed by atoms with Crippen molar-refractivity contribution >= 4 is 21.6 Å². The fraction of sp³-hybridized carbons (Fsp3) is 0.238. The van der Waals surface area contributed by atoms with Crippen molar-refractivity contribution in [3.8, 4) is 17.0 Å². The molecule has 0 atom stereocenters. The van der Waals surface area contributed by atoms with E-state index in [1.165, 1.54) is 12.1 Å². The largest absolute Gasteiger partial charge is 0.494 e. The molecular formula is C21H19ClF3N3O4S. The Morgan fingerprint density at radius 2 is 1.79 bits per heavy atom. The number of aromatic nitrogens is 2. The SMILES string of the molecule is CCOc1ccc(-c2ccc(=O)n(CCNS(=O)(=O)c3cc(C(F)(F)F)ccc3Cl)n2)cc1. The first-order valence-electron chi connectivity index (χ1n) is 9.69. The number of nitrogens with zero attached hydrogens (tertiary/aromatic N) is 2. The van der Waals surface area contributed by atoms with E-state index in [2.05, 4.69) is 9.82 Å². The van der Waals surface area contributed by atoms with Gasteiger partial charge in [0, 0.05) is 18.2 Å². The number of hydrogen-bond acceptors (Lipinski definition) is 5. The van der Waals surface area contributed by atoms with Gasteiger partial charge in [0.1, 0.15) is 10.6 Å². The zero-order chi connectivity index (χ0) is 24.2. The van der Waals surface area contributed by atoms with Crippen LogP contribution in [0.4, 0.5) is 13.2 Å². The number of rotatable bonds is 8. The lowest BCUT2D eigenvalue weighted by atomic mass is 10.1. The lowest BCUT2D eigenvalue weighted by Gasteiger charge is -2.12. The van der Waals surface area contributed by atoms with Crippen LogP contribution >= 0.6 is 11.6 Å². The van der Waals surface area contributed by atoms with E-state index in [4.69, 9.17) is 16.3 Å². The van der Waals surface area contributed by atoms with Gasteiger partial charge in [0.15, 0.2) is 0 Å². The van der Waals surface area contributed by atoms with Crippen LogP contribution in [0.3, 0.4) is 0 Å². The van der Waals surface area contributed by atoms with Gasteiger partial charge in [-0.25, -0.2) is 17.8 Å². The van der Waals surface area contributed by atoms with Gasteiger partial charge in [-0.3, -0.25) is 4.79 Å². The van der Waals surface area contributed by atoms with Crippen LogP contribution in [0.15, 0.2) is 64.3 Å². The van der Waals surface area contributed by atoms with Gasteiger partial charge in [0.2, 0.25) is 10.0 Å². The van der Waals surface area contributed by atoms with Gasteiger partial charge >= 0.3 is 6.18 Å². The van der Waals surface area contributed by atoms with Crippen molar-refractivity contribution in [2.75, 3.05) is 13.2 Å². The zero-order valence-electron chi connectivity index (χ0n) is 17.3. The molecule has 0 aliphatic rings. The second-order valence-electron chi connectivity index (χ2n) is 6.78. The maximum atomic E-state index is 12.9. The van der Waals surface area contributed by atoms with Crippen molar-refractivity contribution in [2.45, 2.75) is 24.5 Å². The molecule has 3 aromatic rings. The summed E-state index contributed by atoms with van der Waals surface area (Å²) in [7, 11) is -4.37. The molecule has 1 heterocycles. The van der Waals surface area contributed by atoms with Crippen molar-refractivity contribution in [1.29, 1.82) is 0 Å². The topological polar surface area (TPSA) is 90.3 Å². The highest BCUT2D eigenvalue weighted by molar-refractivity contribution is 7.89. The van der Waals surface area contributed by atoms with Crippen LogP contribution in [0.1, 0.15) is 12.5 Å². The van der Waals surface area contributed by atoms with Crippen LogP contribution in [0.25, 0.3) is 11.3 Å². The van der Waals surface area contributed by atoms with Crippen LogP contribution in [-0.4, -0.2) is 31.3 Å². The lowest BCUT2D eigenvalue weighted by molar-refractivity contribution is -0.137. The number of benzene rings is 2. The van der Waals surface area contributed by atoms with E-state index in [1.807, 2.05) is 6.92 Å². The van der Waals surface area contributed by atoms with Gasteiger partial charge in [-0.15, -0.1) is 0 Å². The van der Waals surface area contributed by atoms with E-state index in [0.717, 1.165) is 10.7 Å².